The van der Waals surface area contributed by atoms with Gasteiger partial charge in [-0.25, -0.2) is 9.78 Å². The van der Waals surface area contributed by atoms with Gasteiger partial charge in [-0.3, -0.25) is 0 Å². The van der Waals surface area contributed by atoms with Gasteiger partial charge >= 0.3 is 5.97 Å². The van der Waals surface area contributed by atoms with Crippen molar-refractivity contribution in [3.63, 3.8) is 0 Å². The zero-order valence-corrected chi connectivity index (χ0v) is 10.1. The summed E-state index contributed by atoms with van der Waals surface area (Å²) in [5, 5.41) is 10.1. The maximum Gasteiger partial charge on any atom is 0.354 e. The van der Waals surface area contributed by atoms with E-state index in [1.54, 1.807) is 17.4 Å². The monoisotopic (exact) mass is 255 g/mol. The maximum atomic E-state index is 10.9. The first-order valence-corrected chi connectivity index (χ1v) is 6.25. The minimum absolute atomic E-state index is 0.0740. The summed E-state index contributed by atoms with van der Waals surface area (Å²) in [6.45, 7) is 0. The van der Waals surface area contributed by atoms with Gasteiger partial charge in [0.2, 0.25) is 0 Å². The van der Waals surface area contributed by atoms with Crippen LogP contribution in [0.15, 0.2) is 48.5 Å². The molecule has 2 heterocycles. The Balaban J connectivity index is 2.13. The Morgan fingerprint density at radius 1 is 1.11 bits per heavy atom. The molecule has 4 heteroatoms. The van der Waals surface area contributed by atoms with Crippen LogP contribution in [0, 0.1) is 0 Å². The molecule has 0 saturated heterocycles. The molecule has 1 N–H and O–H groups in total. The van der Waals surface area contributed by atoms with Crippen LogP contribution in [0.2, 0.25) is 0 Å². The second-order valence-electron chi connectivity index (χ2n) is 3.86. The third-order valence-corrected chi connectivity index (χ3v) is 3.78. The number of carboxylic acids is 1. The van der Waals surface area contributed by atoms with Crippen LogP contribution < -0.4 is 0 Å². The number of aromatic nitrogens is 1. The van der Waals surface area contributed by atoms with E-state index in [0.29, 0.717) is 5.69 Å². The molecule has 0 radical (unpaired) electrons. The average molecular weight is 255 g/mol. The average Bonchev–Trinajstić information content (AvgIpc) is 2.82. The minimum Gasteiger partial charge on any atom is -0.477 e. The van der Waals surface area contributed by atoms with Crippen LogP contribution in [0.25, 0.3) is 20.7 Å². The highest BCUT2D eigenvalue weighted by Gasteiger charge is 2.09. The van der Waals surface area contributed by atoms with E-state index in [0.717, 1.165) is 10.3 Å². The normalized spacial score (nSPS) is 10.7. The van der Waals surface area contributed by atoms with Gasteiger partial charge in [0, 0.05) is 4.70 Å². The van der Waals surface area contributed by atoms with Gasteiger partial charge < -0.3 is 5.11 Å². The molecule has 1 aromatic carbocycles. The molecule has 0 aliphatic heterocycles. The van der Waals surface area contributed by atoms with Gasteiger partial charge in [0.1, 0.15) is 5.69 Å². The fourth-order valence-corrected chi connectivity index (χ4v) is 2.83. The molecule has 3 rings (SSSR count). The van der Waals surface area contributed by atoms with E-state index in [9.17, 15) is 4.79 Å². The number of hydrogen-bond donors (Lipinski definition) is 1. The number of carboxylic acid groups (broad SMARTS) is 1. The molecule has 0 spiro atoms. The van der Waals surface area contributed by atoms with Gasteiger partial charge in [0.05, 0.1) is 10.6 Å². The first kappa shape index (κ1) is 10.9. The number of pyridine rings is 1. The molecule has 0 bridgehead atoms. The predicted molar refractivity (Wildman–Crippen MR) is 72.0 cm³/mol. The van der Waals surface area contributed by atoms with Crippen LogP contribution in [0.1, 0.15) is 10.5 Å². The highest BCUT2D eigenvalue weighted by Crippen LogP contribution is 2.32. The molecule has 0 unspecified atom stereocenters. The molecule has 0 saturated carbocycles. The molecule has 3 nitrogen and oxygen atoms in total. The predicted octanol–water partition coefficient (Wildman–Crippen LogP) is 3.66. The zero-order chi connectivity index (χ0) is 12.5. The van der Waals surface area contributed by atoms with Crippen molar-refractivity contribution in [2.45, 2.75) is 0 Å². The van der Waals surface area contributed by atoms with Crippen LogP contribution in [-0.2, 0) is 0 Å². The van der Waals surface area contributed by atoms with Gasteiger partial charge in [-0.1, -0.05) is 24.3 Å². The van der Waals surface area contributed by atoms with Crippen molar-refractivity contribution in [2.75, 3.05) is 0 Å². The summed E-state index contributed by atoms with van der Waals surface area (Å²) in [5.74, 6) is -1.00. The summed E-state index contributed by atoms with van der Waals surface area (Å²) in [4.78, 5) is 16.0. The Bertz CT molecular complexity index is 700. The molecule has 0 aliphatic rings. The van der Waals surface area contributed by atoms with Crippen LogP contribution >= 0.6 is 11.3 Å². The zero-order valence-electron chi connectivity index (χ0n) is 9.33. The number of thiophene rings is 1. The van der Waals surface area contributed by atoms with Crippen molar-refractivity contribution in [3.05, 3.63) is 54.2 Å². The molecular formula is C14H9NO2S. The fourth-order valence-electron chi connectivity index (χ4n) is 1.80. The Kier molecular flexibility index (Phi) is 2.57. The lowest BCUT2D eigenvalue weighted by molar-refractivity contribution is 0.0690. The fraction of sp³-hybridized carbons (Fsp3) is 0. The van der Waals surface area contributed by atoms with Crippen LogP contribution in [0.3, 0.4) is 0 Å². The van der Waals surface area contributed by atoms with E-state index in [4.69, 9.17) is 5.11 Å². The summed E-state index contributed by atoms with van der Waals surface area (Å²) in [6, 6.07) is 15.1. The summed E-state index contributed by atoms with van der Waals surface area (Å²) in [5.41, 5.74) is 0.779. The van der Waals surface area contributed by atoms with E-state index in [2.05, 4.69) is 4.98 Å². The van der Waals surface area contributed by atoms with E-state index in [1.807, 2.05) is 36.4 Å². The number of rotatable bonds is 2. The quantitative estimate of drug-likeness (QED) is 0.760. The Labute approximate surface area is 107 Å². The Morgan fingerprint density at radius 3 is 2.72 bits per heavy atom. The lowest BCUT2D eigenvalue weighted by Gasteiger charge is -1.97. The molecule has 0 aliphatic carbocycles. The van der Waals surface area contributed by atoms with Gasteiger partial charge in [0.15, 0.2) is 0 Å². The number of benzene rings is 1. The number of aromatic carboxylic acids is 1. The standard InChI is InChI=1S/C14H9NO2S/c16-14(17)11-6-3-5-10(15-11)13-8-9-4-1-2-7-12(9)18-13/h1-8H,(H,16,17). The van der Waals surface area contributed by atoms with Crippen LogP contribution in [-0.4, -0.2) is 16.1 Å². The molecule has 18 heavy (non-hydrogen) atoms. The summed E-state index contributed by atoms with van der Waals surface area (Å²) < 4.78 is 1.18. The highest BCUT2D eigenvalue weighted by atomic mass is 32.1. The van der Waals surface area contributed by atoms with Gasteiger partial charge in [-0.15, -0.1) is 11.3 Å². The van der Waals surface area contributed by atoms with Crippen molar-refractivity contribution < 1.29 is 9.90 Å². The van der Waals surface area contributed by atoms with Crippen LogP contribution in [0.4, 0.5) is 0 Å². The topological polar surface area (TPSA) is 50.2 Å². The number of fused-ring (bicyclic) bond motifs is 1. The van der Waals surface area contributed by atoms with Crippen molar-refractivity contribution >= 4 is 27.4 Å². The smallest absolute Gasteiger partial charge is 0.354 e. The lowest BCUT2D eigenvalue weighted by atomic mass is 10.2. The number of carbonyl (C=O) groups is 1. The number of nitrogens with zero attached hydrogens (tertiary/aromatic N) is 1. The highest BCUT2D eigenvalue weighted by molar-refractivity contribution is 7.22. The Hall–Kier alpha value is -2.20. The first-order valence-electron chi connectivity index (χ1n) is 5.43. The Morgan fingerprint density at radius 2 is 1.94 bits per heavy atom. The minimum atomic E-state index is -1.00. The van der Waals surface area contributed by atoms with Crippen molar-refractivity contribution in [3.8, 4) is 10.6 Å². The van der Waals surface area contributed by atoms with Crippen LogP contribution in [0.5, 0.6) is 0 Å². The maximum absolute atomic E-state index is 10.9. The summed E-state index contributed by atoms with van der Waals surface area (Å²) in [7, 11) is 0. The van der Waals surface area contributed by atoms with E-state index in [1.165, 1.54) is 10.8 Å². The third kappa shape index (κ3) is 1.87. The van der Waals surface area contributed by atoms with Gasteiger partial charge in [-0.05, 0) is 29.7 Å². The lowest BCUT2D eigenvalue weighted by Crippen LogP contribution is -1.99. The molecule has 0 amide bonds. The molecule has 2 aromatic heterocycles. The van der Waals surface area contributed by atoms with E-state index in [-0.39, 0.29) is 5.69 Å². The van der Waals surface area contributed by atoms with E-state index < -0.39 is 5.97 Å². The largest absolute Gasteiger partial charge is 0.477 e. The molecule has 3 aromatic rings. The first-order chi connectivity index (χ1) is 8.74. The molecule has 88 valence electrons. The summed E-state index contributed by atoms with van der Waals surface area (Å²) in [6.07, 6.45) is 0. The number of hydrogen-bond acceptors (Lipinski definition) is 3. The van der Waals surface area contributed by atoms with Gasteiger partial charge in [-0.2, -0.15) is 0 Å². The second kappa shape index (κ2) is 4.23. The van der Waals surface area contributed by atoms with Gasteiger partial charge in [0.25, 0.3) is 0 Å². The van der Waals surface area contributed by atoms with Crippen molar-refractivity contribution in [1.29, 1.82) is 0 Å². The molecule has 0 fully saturated rings. The van der Waals surface area contributed by atoms with Crippen molar-refractivity contribution in [2.24, 2.45) is 0 Å². The van der Waals surface area contributed by atoms with E-state index >= 15 is 0 Å². The third-order valence-electron chi connectivity index (χ3n) is 2.65. The van der Waals surface area contributed by atoms with Crippen molar-refractivity contribution in [1.82, 2.24) is 4.98 Å². The molecular weight excluding hydrogens is 246 g/mol. The second-order valence-corrected chi connectivity index (χ2v) is 4.95. The summed E-state index contributed by atoms with van der Waals surface area (Å²) >= 11 is 1.62. The SMILES string of the molecule is O=C(O)c1cccc(-c2cc3ccccc3s2)n1. The molecule has 0 atom stereocenters.